The van der Waals surface area contributed by atoms with Gasteiger partial charge in [0.25, 0.3) is 0 Å². The molecule has 0 aliphatic carbocycles. The lowest BCUT2D eigenvalue weighted by molar-refractivity contribution is -0.145. The third-order valence-corrected chi connectivity index (χ3v) is 6.52. The Morgan fingerprint density at radius 2 is 1.88 bits per heavy atom. The van der Waals surface area contributed by atoms with Gasteiger partial charge < -0.3 is 10.0 Å². The van der Waals surface area contributed by atoms with Crippen molar-refractivity contribution in [2.24, 2.45) is 5.92 Å². The highest BCUT2D eigenvalue weighted by Crippen LogP contribution is 2.19. The molecule has 0 spiro atoms. The topological polar surface area (TPSA) is 91.8 Å². The van der Waals surface area contributed by atoms with Crippen LogP contribution in [0.25, 0.3) is 0 Å². The Hall–Kier alpha value is -1.89. The Balaban J connectivity index is 2.03. The number of rotatable bonds is 5. The number of carboxylic acid groups (broad SMARTS) is 1. The van der Waals surface area contributed by atoms with Crippen molar-refractivity contribution < 1.29 is 23.1 Å². The number of carboxylic acids is 1. The number of amides is 1. The Morgan fingerprint density at radius 3 is 2.42 bits per heavy atom. The molecule has 1 fully saturated rings. The van der Waals surface area contributed by atoms with Crippen LogP contribution >= 0.6 is 0 Å². The highest BCUT2D eigenvalue weighted by atomic mass is 32.2. The summed E-state index contributed by atoms with van der Waals surface area (Å²) in [6.45, 7) is 4.07. The number of aliphatic carboxylic acids is 1. The van der Waals surface area contributed by atoms with Crippen molar-refractivity contribution in [2.75, 3.05) is 13.1 Å². The van der Waals surface area contributed by atoms with E-state index in [9.17, 15) is 18.0 Å². The number of carbonyl (C=O) groups excluding carboxylic acids is 1. The Morgan fingerprint density at radius 1 is 1.25 bits per heavy atom. The SMILES string of the molecule is CC(C)S(=O)(=O)c1ccc(CC(=O)N2CCCC(C(=O)O)C2)cc1. The molecule has 132 valence electrons. The van der Waals surface area contributed by atoms with E-state index in [1.807, 2.05) is 0 Å². The zero-order valence-electron chi connectivity index (χ0n) is 13.9. The molecule has 0 bridgehead atoms. The molecule has 0 aromatic heterocycles. The van der Waals surface area contributed by atoms with Crippen molar-refractivity contribution in [3.8, 4) is 0 Å². The normalized spacial score (nSPS) is 18.6. The maximum Gasteiger partial charge on any atom is 0.308 e. The molecule has 1 atom stereocenters. The first-order valence-electron chi connectivity index (χ1n) is 8.05. The lowest BCUT2D eigenvalue weighted by atomic mass is 9.97. The molecule has 1 aromatic carbocycles. The quantitative estimate of drug-likeness (QED) is 0.870. The number of piperidine rings is 1. The number of likely N-dealkylation sites (tertiary alicyclic amines) is 1. The average Bonchev–Trinajstić information content (AvgIpc) is 2.55. The highest BCUT2D eigenvalue weighted by Gasteiger charge is 2.28. The van der Waals surface area contributed by atoms with Crippen LogP contribution in [0.4, 0.5) is 0 Å². The monoisotopic (exact) mass is 353 g/mol. The summed E-state index contributed by atoms with van der Waals surface area (Å²) >= 11 is 0. The molecule has 7 heteroatoms. The van der Waals surface area contributed by atoms with E-state index in [0.29, 0.717) is 19.4 Å². The van der Waals surface area contributed by atoms with E-state index in [2.05, 4.69) is 0 Å². The van der Waals surface area contributed by atoms with Crippen LogP contribution in [0.1, 0.15) is 32.3 Å². The Bertz CT molecular complexity index is 709. The fourth-order valence-electron chi connectivity index (χ4n) is 2.76. The van der Waals surface area contributed by atoms with Gasteiger partial charge in [-0.3, -0.25) is 9.59 Å². The van der Waals surface area contributed by atoms with E-state index < -0.39 is 27.0 Å². The predicted molar refractivity (Wildman–Crippen MR) is 89.4 cm³/mol. The summed E-state index contributed by atoms with van der Waals surface area (Å²) < 4.78 is 24.2. The predicted octanol–water partition coefficient (Wildman–Crippen LogP) is 1.73. The maximum absolute atomic E-state index is 12.3. The van der Waals surface area contributed by atoms with Crippen molar-refractivity contribution in [3.05, 3.63) is 29.8 Å². The molecule has 2 rings (SSSR count). The van der Waals surface area contributed by atoms with Gasteiger partial charge in [0, 0.05) is 13.1 Å². The second-order valence-electron chi connectivity index (χ2n) is 6.43. The van der Waals surface area contributed by atoms with Crippen molar-refractivity contribution in [2.45, 2.75) is 43.3 Å². The molecule has 1 saturated heterocycles. The minimum Gasteiger partial charge on any atom is -0.481 e. The third-order valence-electron chi connectivity index (χ3n) is 4.35. The van der Waals surface area contributed by atoms with Crippen LogP contribution in [0.2, 0.25) is 0 Å². The maximum atomic E-state index is 12.3. The first-order valence-corrected chi connectivity index (χ1v) is 9.60. The van der Waals surface area contributed by atoms with E-state index in [1.54, 1.807) is 30.9 Å². The van der Waals surface area contributed by atoms with Crippen LogP contribution in [0.15, 0.2) is 29.2 Å². The fraction of sp³-hybridized carbons (Fsp3) is 0.529. The fourth-order valence-corrected chi connectivity index (χ4v) is 3.82. The van der Waals surface area contributed by atoms with Gasteiger partial charge in [-0.15, -0.1) is 0 Å². The summed E-state index contributed by atoms with van der Waals surface area (Å²) in [5, 5.41) is 8.59. The standard InChI is InChI=1S/C17H23NO5S/c1-12(2)24(22,23)15-7-5-13(6-8-15)10-16(19)18-9-3-4-14(11-18)17(20)21/h5-8,12,14H,3-4,9-11H2,1-2H3,(H,20,21). The number of hydrogen-bond acceptors (Lipinski definition) is 4. The average molecular weight is 353 g/mol. The van der Waals surface area contributed by atoms with Gasteiger partial charge in [0.05, 0.1) is 22.5 Å². The molecule has 24 heavy (non-hydrogen) atoms. The van der Waals surface area contributed by atoms with E-state index in [0.717, 1.165) is 5.56 Å². The minimum absolute atomic E-state index is 0.125. The Kier molecular flexibility index (Phi) is 5.64. The Labute approximate surface area is 142 Å². The molecular formula is C17H23NO5S. The van der Waals surface area contributed by atoms with Crippen LogP contribution in [-0.4, -0.2) is 48.6 Å². The van der Waals surface area contributed by atoms with Gasteiger partial charge in [0.15, 0.2) is 9.84 Å². The van der Waals surface area contributed by atoms with Gasteiger partial charge in [-0.2, -0.15) is 0 Å². The zero-order valence-corrected chi connectivity index (χ0v) is 14.8. The minimum atomic E-state index is -3.32. The van der Waals surface area contributed by atoms with Crippen LogP contribution in [0.5, 0.6) is 0 Å². The first kappa shape index (κ1) is 18.4. The van der Waals surface area contributed by atoms with E-state index in [1.165, 1.54) is 12.1 Å². The second-order valence-corrected chi connectivity index (χ2v) is 8.94. The zero-order chi connectivity index (χ0) is 17.9. The molecule has 0 saturated carbocycles. The largest absolute Gasteiger partial charge is 0.481 e. The molecule has 1 heterocycles. The molecule has 0 radical (unpaired) electrons. The molecule has 6 nitrogen and oxygen atoms in total. The molecule has 1 aromatic rings. The molecule has 1 aliphatic rings. The van der Waals surface area contributed by atoms with E-state index >= 15 is 0 Å². The lowest BCUT2D eigenvalue weighted by Gasteiger charge is -2.30. The van der Waals surface area contributed by atoms with Crippen LogP contribution in [0, 0.1) is 5.92 Å². The second kappa shape index (κ2) is 7.34. The summed E-state index contributed by atoms with van der Waals surface area (Å²) in [6.07, 6.45) is 1.43. The number of nitrogens with zero attached hydrogens (tertiary/aromatic N) is 1. The number of carbonyl (C=O) groups is 2. The summed E-state index contributed by atoms with van der Waals surface area (Å²) in [7, 11) is -3.32. The van der Waals surface area contributed by atoms with Gasteiger partial charge in [0.2, 0.25) is 5.91 Å². The van der Waals surface area contributed by atoms with Gasteiger partial charge >= 0.3 is 5.97 Å². The van der Waals surface area contributed by atoms with Crippen molar-refractivity contribution in [1.29, 1.82) is 0 Å². The van der Waals surface area contributed by atoms with Crippen molar-refractivity contribution >= 4 is 21.7 Å². The molecule has 1 amide bonds. The van der Waals surface area contributed by atoms with E-state index in [4.69, 9.17) is 5.11 Å². The summed E-state index contributed by atoms with van der Waals surface area (Å²) in [4.78, 5) is 25.2. The number of sulfone groups is 1. The molecule has 1 N–H and O–H groups in total. The summed E-state index contributed by atoms with van der Waals surface area (Å²) in [5.41, 5.74) is 0.722. The molecule has 1 aliphatic heterocycles. The highest BCUT2D eigenvalue weighted by molar-refractivity contribution is 7.92. The smallest absolute Gasteiger partial charge is 0.308 e. The van der Waals surface area contributed by atoms with E-state index in [-0.39, 0.29) is 23.8 Å². The van der Waals surface area contributed by atoms with Crippen LogP contribution < -0.4 is 0 Å². The molecular weight excluding hydrogens is 330 g/mol. The lowest BCUT2D eigenvalue weighted by Crippen LogP contribution is -2.42. The summed E-state index contributed by atoms with van der Waals surface area (Å²) in [6, 6.07) is 6.33. The van der Waals surface area contributed by atoms with Gasteiger partial charge in [-0.25, -0.2) is 8.42 Å². The van der Waals surface area contributed by atoms with Crippen molar-refractivity contribution in [3.63, 3.8) is 0 Å². The van der Waals surface area contributed by atoms with Crippen LogP contribution in [0.3, 0.4) is 0 Å². The third kappa shape index (κ3) is 4.14. The summed E-state index contributed by atoms with van der Waals surface area (Å²) in [5.74, 6) is -1.49. The number of hydrogen-bond donors (Lipinski definition) is 1. The van der Waals surface area contributed by atoms with Crippen LogP contribution in [-0.2, 0) is 25.8 Å². The number of benzene rings is 1. The first-order chi connectivity index (χ1) is 11.2. The van der Waals surface area contributed by atoms with Gasteiger partial charge in [0.1, 0.15) is 0 Å². The van der Waals surface area contributed by atoms with Gasteiger partial charge in [-0.05, 0) is 44.4 Å². The van der Waals surface area contributed by atoms with Gasteiger partial charge in [-0.1, -0.05) is 12.1 Å². The molecule has 1 unspecified atom stereocenters. The van der Waals surface area contributed by atoms with Crippen molar-refractivity contribution in [1.82, 2.24) is 4.90 Å².